The van der Waals surface area contributed by atoms with Crippen LogP contribution in [-0.2, 0) is 5.41 Å². The molecule has 1 aromatic rings. The van der Waals surface area contributed by atoms with Gasteiger partial charge in [-0.05, 0) is 24.5 Å². The third-order valence-electron chi connectivity index (χ3n) is 1.77. The molecule has 0 saturated carbocycles. The Morgan fingerprint density at radius 1 is 1.25 bits per heavy atom. The standard InChI is InChI=1S/C10H14O2/c1-7-5-6-8(9(11)12-7)10(2,3)4/h5-6H,1-4H3. The first kappa shape index (κ1) is 9.04. The second-order valence-electron chi connectivity index (χ2n) is 4.00. The lowest BCUT2D eigenvalue weighted by Crippen LogP contribution is -2.21. The van der Waals surface area contributed by atoms with Gasteiger partial charge in [0.1, 0.15) is 5.76 Å². The number of aryl methyl sites for hydroxylation is 1. The van der Waals surface area contributed by atoms with E-state index in [4.69, 9.17) is 4.42 Å². The third-order valence-corrected chi connectivity index (χ3v) is 1.77. The summed E-state index contributed by atoms with van der Waals surface area (Å²) in [6.45, 7) is 7.76. The Hall–Kier alpha value is -1.05. The largest absolute Gasteiger partial charge is 0.428 e. The maximum Gasteiger partial charge on any atom is 0.339 e. The lowest BCUT2D eigenvalue weighted by atomic mass is 9.88. The first-order valence-corrected chi connectivity index (χ1v) is 4.02. The van der Waals surface area contributed by atoms with Gasteiger partial charge in [0.15, 0.2) is 0 Å². The molecule has 0 aromatic carbocycles. The molecule has 0 radical (unpaired) electrons. The van der Waals surface area contributed by atoms with E-state index in [-0.39, 0.29) is 11.0 Å². The van der Waals surface area contributed by atoms with Crippen molar-refractivity contribution in [3.8, 4) is 0 Å². The van der Waals surface area contributed by atoms with Crippen LogP contribution in [0.1, 0.15) is 32.1 Å². The number of hydrogen-bond acceptors (Lipinski definition) is 2. The van der Waals surface area contributed by atoms with Gasteiger partial charge >= 0.3 is 5.63 Å². The van der Waals surface area contributed by atoms with E-state index in [1.165, 1.54) is 0 Å². The van der Waals surface area contributed by atoms with Gasteiger partial charge in [0.25, 0.3) is 0 Å². The van der Waals surface area contributed by atoms with E-state index < -0.39 is 0 Å². The van der Waals surface area contributed by atoms with Crippen molar-refractivity contribution in [2.24, 2.45) is 0 Å². The lowest BCUT2D eigenvalue weighted by Gasteiger charge is -2.16. The molecule has 0 saturated heterocycles. The van der Waals surface area contributed by atoms with Gasteiger partial charge in [0, 0.05) is 5.56 Å². The molecule has 0 amide bonds. The highest BCUT2D eigenvalue weighted by Gasteiger charge is 2.18. The summed E-state index contributed by atoms with van der Waals surface area (Å²) >= 11 is 0. The van der Waals surface area contributed by atoms with Crippen molar-refractivity contribution in [1.29, 1.82) is 0 Å². The predicted molar refractivity (Wildman–Crippen MR) is 48.4 cm³/mol. The Kier molecular flexibility index (Phi) is 2.09. The van der Waals surface area contributed by atoms with Crippen molar-refractivity contribution in [2.75, 3.05) is 0 Å². The van der Waals surface area contributed by atoms with Gasteiger partial charge in [-0.2, -0.15) is 0 Å². The summed E-state index contributed by atoms with van der Waals surface area (Å²) in [5.41, 5.74) is 0.379. The molecular formula is C10H14O2. The summed E-state index contributed by atoms with van der Waals surface area (Å²) in [5.74, 6) is 0.660. The minimum Gasteiger partial charge on any atom is -0.428 e. The molecule has 1 rings (SSSR count). The van der Waals surface area contributed by atoms with Crippen LogP contribution in [0.2, 0.25) is 0 Å². The fraction of sp³-hybridized carbons (Fsp3) is 0.500. The first-order valence-electron chi connectivity index (χ1n) is 4.02. The van der Waals surface area contributed by atoms with Crippen LogP contribution in [0.25, 0.3) is 0 Å². The smallest absolute Gasteiger partial charge is 0.339 e. The average Bonchev–Trinajstić information content (AvgIpc) is 1.83. The Morgan fingerprint density at radius 2 is 1.83 bits per heavy atom. The van der Waals surface area contributed by atoms with Crippen LogP contribution in [0.5, 0.6) is 0 Å². The summed E-state index contributed by atoms with van der Waals surface area (Å²) in [6.07, 6.45) is 0. The molecular weight excluding hydrogens is 152 g/mol. The van der Waals surface area contributed by atoms with Gasteiger partial charge in [0.05, 0.1) is 0 Å². The predicted octanol–water partition coefficient (Wildman–Crippen LogP) is 2.25. The first-order chi connectivity index (χ1) is 5.41. The number of rotatable bonds is 0. The van der Waals surface area contributed by atoms with Crippen molar-refractivity contribution >= 4 is 0 Å². The second-order valence-corrected chi connectivity index (χ2v) is 4.00. The average molecular weight is 166 g/mol. The number of hydrogen-bond donors (Lipinski definition) is 0. The molecule has 0 aliphatic rings. The van der Waals surface area contributed by atoms with Crippen LogP contribution < -0.4 is 5.63 Å². The zero-order valence-electron chi connectivity index (χ0n) is 7.97. The van der Waals surface area contributed by atoms with Gasteiger partial charge in [-0.3, -0.25) is 0 Å². The van der Waals surface area contributed by atoms with Gasteiger partial charge in [-0.1, -0.05) is 20.8 Å². The molecule has 0 bridgehead atoms. The minimum atomic E-state index is -0.220. The monoisotopic (exact) mass is 166 g/mol. The lowest BCUT2D eigenvalue weighted by molar-refractivity contribution is 0.447. The molecule has 0 N–H and O–H groups in total. The van der Waals surface area contributed by atoms with Gasteiger partial charge in [-0.25, -0.2) is 4.79 Å². The summed E-state index contributed by atoms with van der Waals surface area (Å²) in [4.78, 5) is 11.3. The fourth-order valence-corrected chi connectivity index (χ4v) is 1.06. The molecule has 2 nitrogen and oxygen atoms in total. The Bertz CT molecular complexity index is 328. The van der Waals surface area contributed by atoms with Crippen LogP contribution in [0.15, 0.2) is 21.3 Å². The van der Waals surface area contributed by atoms with Crippen molar-refractivity contribution in [3.63, 3.8) is 0 Å². The molecule has 12 heavy (non-hydrogen) atoms. The maximum atomic E-state index is 11.3. The van der Waals surface area contributed by atoms with Crippen LogP contribution in [0.4, 0.5) is 0 Å². The molecule has 1 heterocycles. The zero-order valence-corrected chi connectivity index (χ0v) is 7.97. The molecule has 0 aliphatic carbocycles. The molecule has 66 valence electrons. The maximum absolute atomic E-state index is 11.3. The summed E-state index contributed by atoms with van der Waals surface area (Å²) in [6, 6.07) is 3.66. The van der Waals surface area contributed by atoms with Gasteiger partial charge in [-0.15, -0.1) is 0 Å². The molecule has 2 heteroatoms. The van der Waals surface area contributed by atoms with Gasteiger partial charge < -0.3 is 4.42 Å². The highest BCUT2D eigenvalue weighted by Crippen LogP contribution is 2.18. The van der Waals surface area contributed by atoms with Crippen LogP contribution in [-0.4, -0.2) is 0 Å². The Morgan fingerprint density at radius 3 is 2.25 bits per heavy atom. The van der Waals surface area contributed by atoms with E-state index in [1.54, 1.807) is 6.92 Å². The Balaban J connectivity index is 3.29. The van der Waals surface area contributed by atoms with Crippen molar-refractivity contribution in [1.82, 2.24) is 0 Å². The van der Waals surface area contributed by atoms with Crippen molar-refractivity contribution in [2.45, 2.75) is 33.1 Å². The minimum absolute atomic E-state index is 0.131. The van der Waals surface area contributed by atoms with E-state index in [2.05, 4.69) is 0 Å². The topological polar surface area (TPSA) is 30.2 Å². The summed E-state index contributed by atoms with van der Waals surface area (Å²) in [7, 11) is 0. The normalized spacial score (nSPS) is 11.7. The highest BCUT2D eigenvalue weighted by molar-refractivity contribution is 5.18. The van der Waals surface area contributed by atoms with E-state index in [1.807, 2.05) is 32.9 Å². The molecule has 0 aliphatic heterocycles. The van der Waals surface area contributed by atoms with Crippen molar-refractivity contribution in [3.05, 3.63) is 33.9 Å². The van der Waals surface area contributed by atoms with Crippen molar-refractivity contribution < 1.29 is 4.42 Å². The second kappa shape index (κ2) is 2.77. The van der Waals surface area contributed by atoms with E-state index >= 15 is 0 Å². The molecule has 0 atom stereocenters. The van der Waals surface area contributed by atoms with Crippen LogP contribution in [0, 0.1) is 6.92 Å². The SMILES string of the molecule is Cc1ccc(C(C)(C)C)c(=O)o1. The van der Waals surface area contributed by atoms with Crippen LogP contribution >= 0.6 is 0 Å². The fourth-order valence-electron chi connectivity index (χ4n) is 1.06. The highest BCUT2D eigenvalue weighted by atomic mass is 16.4. The Labute approximate surface area is 72.2 Å². The summed E-state index contributed by atoms with van der Waals surface area (Å²) in [5, 5.41) is 0. The summed E-state index contributed by atoms with van der Waals surface area (Å²) < 4.78 is 4.98. The quantitative estimate of drug-likeness (QED) is 0.591. The van der Waals surface area contributed by atoms with E-state index in [9.17, 15) is 4.79 Å². The zero-order chi connectivity index (χ0) is 9.35. The molecule has 0 unspecified atom stereocenters. The van der Waals surface area contributed by atoms with E-state index in [0.717, 1.165) is 5.56 Å². The van der Waals surface area contributed by atoms with Crippen LogP contribution in [0.3, 0.4) is 0 Å². The van der Waals surface area contributed by atoms with E-state index in [0.29, 0.717) is 5.76 Å². The third kappa shape index (κ3) is 1.76. The molecule has 1 aromatic heterocycles. The molecule has 0 spiro atoms. The van der Waals surface area contributed by atoms with Gasteiger partial charge in [0.2, 0.25) is 0 Å². The molecule has 0 fully saturated rings.